The molecule has 5 heteroatoms. The first-order valence-electron chi connectivity index (χ1n) is 6.92. The van der Waals surface area contributed by atoms with Crippen LogP contribution in [0.4, 0.5) is 4.79 Å². The van der Waals surface area contributed by atoms with Crippen LogP contribution in [0.5, 0.6) is 0 Å². The van der Waals surface area contributed by atoms with Gasteiger partial charge in [0.2, 0.25) is 5.91 Å². The SMILES string of the molecule is CC(C)(C)OC(=O)NC(C)(C)C(=O)N1CCCCC1. The first-order chi connectivity index (χ1) is 8.62. The maximum Gasteiger partial charge on any atom is 0.408 e. The highest BCUT2D eigenvalue weighted by atomic mass is 16.6. The molecule has 0 saturated carbocycles. The summed E-state index contributed by atoms with van der Waals surface area (Å²) >= 11 is 0. The van der Waals surface area contributed by atoms with Crippen molar-refractivity contribution >= 4 is 12.0 Å². The Labute approximate surface area is 115 Å². The van der Waals surface area contributed by atoms with Crippen molar-refractivity contribution in [2.75, 3.05) is 13.1 Å². The predicted molar refractivity (Wildman–Crippen MR) is 73.9 cm³/mol. The van der Waals surface area contributed by atoms with Gasteiger partial charge < -0.3 is 15.0 Å². The van der Waals surface area contributed by atoms with Crippen LogP contribution < -0.4 is 5.32 Å². The van der Waals surface area contributed by atoms with Crippen molar-refractivity contribution in [2.24, 2.45) is 0 Å². The Hall–Kier alpha value is -1.26. The molecule has 1 saturated heterocycles. The van der Waals surface area contributed by atoms with E-state index in [0.29, 0.717) is 0 Å². The number of hydrogen-bond donors (Lipinski definition) is 1. The number of nitrogens with one attached hydrogen (secondary N) is 1. The average Bonchev–Trinajstić information content (AvgIpc) is 2.25. The van der Waals surface area contributed by atoms with Crippen LogP contribution in [0.3, 0.4) is 0 Å². The fourth-order valence-corrected chi connectivity index (χ4v) is 2.10. The molecule has 0 aliphatic carbocycles. The van der Waals surface area contributed by atoms with Crippen LogP contribution in [0.15, 0.2) is 0 Å². The molecule has 1 rings (SSSR count). The third kappa shape index (κ3) is 5.09. The summed E-state index contributed by atoms with van der Waals surface area (Å²) in [6, 6.07) is 0. The number of ether oxygens (including phenoxy) is 1. The zero-order valence-electron chi connectivity index (χ0n) is 12.7. The Morgan fingerprint density at radius 1 is 1.00 bits per heavy atom. The minimum Gasteiger partial charge on any atom is -0.444 e. The van der Waals surface area contributed by atoms with E-state index >= 15 is 0 Å². The molecule has 110 valence electrons. The number of alkyl carbamates (subject to hydrolysis) is 1. The molecule has 0 bridgehead atoms. The molecule has 0 aromatic carbocycles. The summed E-state index contributed by atoms with van der Waals surface area (Å²) in [5.41, 5.74) is -1.49. The smallest absolute Gasteiger partial charge is 0.408 e. The standard InChI is InChI=1S/C14H26N2O3/c1-13(2,3)19-12(18)15-14(4,5)11(17)16-9-7-6-8-10-16/h6-10H2,1-5H3,(H,15,18). The number of likely N-dealkylation sites (tertiary alicyclic amines) is 1. The Balaban J connectivity index is 2.58. The Kier molecular flexibility index (Phi) is 4.82. The number of rotatable bonds is 2. The number of carbonyl (C=O) groups excluding carboxylic acids is 2. The molecular formula is C14H26N2O3. The zero-order chi connectivity index (χ0) is 14.7. The number of carbonyl (C=O) groups is 2. The monoisotopic (exact) mass is 270 g/mol. The molecule has 2 amide bonds. The number of hydrogen-bond acceptors (Lipinski definition) is 3. The quantitative estimate of drug-likeness (QED) is 0.837. The van der Waals surface area contributed by atoms with Crippen LogP contribution in [0.2, 0.25) is 0 Å². The van der Waals surface area contributed by atoms with E-state index < -0.39 is 17.2 Å². The molecule has 1 heterocycles. The summed E-state index contributed by atoms with van der Waals surface area (Å²) in [5, 5.41) is 2.66. The van der Waals surface area contributed by atoms with Crippen LogP contribution in [0, 0.1) is 0 Å². The maximum atomic E-state index is 12.4. The normalized spacial score (nSPS) is 17.0. The minimum absolute atomic E-state index is 0.0435. The van der Waals surface area contributed by atoms with Crippen LogP contribution in [0.25, 0.3) is 0 Å². The molecule has 0 atom stereocenters. The first kappa shape index (κ1) is 15.8. The lowest BCUT2D eigenvalue weighted by atomic mass is 10.0. The molecule has 1 N–H and O–H groups in total. The predicted octanol–water partition coefficient (Wildman–Crippen LogP) is 2.30. The van der Waals surface area contributed by atoms with E-state index in [1.54, 1.807) is 34.6 Å². The van der Waals surface area contributed by atoms with Crippen molar-refractivity contribution in [3.63, 3.8) is 0 Å². The van der Waals surface area contributed by atoms with Gasteiger partial charge in [-0.15, -0.1) is 0 Å². The van der Waals surface area contributed by atoms with E-state index in [2.05, 4.69) is 5.32 Å². The Morgan fingerprint density at radius 2 is 1.53 bits per heavy atom. The van der Waals surface area contributed by atoms with Gasteiger partial charge in [0.15, 0.2) is 0 Å². The van der Waals surface area contributed by atoms with Gasteiger partial charge in [0.25, 0.3) is 0 Å². The van der Waals surface area contributed by atoms with Crippen molar-refractivity contribution in [3.05, 3.63) is 0 Å². The van der Waals surface area contributed by atoms with Crippen molar-refractivity contribution in [1.29, 1.82) is 0 Å². The van der Waals surface area contributed by atoms with Crippen molar-refractivity contribution in [2.45, 2.75) is 65.0 Å². The van der Waals surface area contributed by atoms with E-state index in [-0.39, 0.29) is 5.91 Å². The van der Waals surface area contributed by atoms with Crippen LogP contribution in [-0.2, 0) is 9.53 Å². The molecule has 0 aromatic heterocycles. The molecule has 0 aromatic rings. The molecule has 1 fully saturated rings. The van der Waals surface area contributed by atoms with Crippen LogP contribution in [0.1, 0.15) is 53.9 Å². The van der Waals surface area contributed by atoms with Crippen molar-refractivity contribution in [3.8, 4) is 0 Å². The third-order valence-corrected chi connectivity index (χ3v) is 2.99. The molecular weight excluding hydrogens is 244 g/mol. The van der Waals surface area contributed by atoms with Gasteiger partial charge in [-0.3, -0.25) is 4.79 Å². The van der Waals surface area contributed by atoms with Crippen molar-refractivity contribution < 1.29 is 14.3 Å². The molecule has 0 spiro atoms. The highest BCUT2D eigenvalue weighted by molar-refractivity contribution is 5.89. The van der Waals surface area contributed by atoms with E-state index in [1.807, 2.05) is 4.90 Å². The van der Waals surface area contributed by atoms with Gasteiger partial charge in [0, 0.05) is 13.1 Å². The third-order valence-electron chi connectivity index (χ3n) is 2.99. The summed E-state index contributed by atoms with van der Waals surface area (Å²) in [6.07, 6.45) is 2.69. The van der Waals surface area contributed by atoms with Gasteiger partial charge in [0.05, 0.1) is 0 Å². The zero-order valence-corrected chi connectivity index (χ0v) is 12.7. The summed E-state index contributed by atoms with van der Waals surface area (Å²) in [6.45, 7) is 10.4. The second-order valence-electron chi connectivity index (χ2n) is 6.60. The lowest BCUT2D eigenvalue weighted by Crippen LogP contribution is -2.57. The van der Waals surface area contributed by atoms with Gasteiger partial charge in [-0.25, -0.2) is 4.79 Å². The molecule has 0 unspecified atom stereocenters. The van der Waals surface area contributed by atoms with E-state index in [9.17, 15) is 9.59 Å². The summed E-state index contributed by atoms with van der Waals surface area (Å²) < 4.78 is 5.19. The van der Waals surface area contributed by atoms with Gasteiger partial charge in [-0.05, 0) is 53.9 Å². The van der Waals surface area contributed by atoms with Gasteiger partial charge in [-0.1, -0.05) is 0 Å². The van der Waals surface area contributed by atoms with E-state index in [4.69, 9.17) is 4.74 Å². The lowest BCUT2D eigenvalue weighted by molar-refractivity contribution is -0.138. The first-order valence-corrected chi connectivity index (χ1v) is 6.92. The Morgan fingerprint density at radius 3 is 2.00 bits per heavy atom. The summed E-state index contributed by atoms with van der Waals surface area (Å²) in [7, 11) is 0. The van der Waals surface area contributed by atoms with Crippen molar-refractivity contribution in [1.82, 2.24) is 10.2 Å². The number of piperidine rings is 1. The highest BCUT2D eigenvalue weighted by Gasteiger charge is 2.35. The lowest BCUT2D eigenvalue weighted by Gasteiger charge is -2.35. The van der Waals surface area contributed by atoms with Gasteiger partial charge in [0.1, 0.15) is 11.1 Å². The topological polar surface area (TPSA) is 58.6 Å². The second kappa shape index (κ2) is 5.80. The van der Waals surface area contributed by atoms with E-state index in [0.717, 1.165) is 25.9 Å². The number of amides is 2. The largest absolute Gasteiger partial charge is 0.444 e. The average molecular weight is 270 g/mol. The fraction of sp³-hybridized carbons (Fsp3) is 0.857. The van der Waals surface area contributed by atoms with Crippen LogP contribution >= 0.6 is 0 Å². The molecule has 1 aliphatic rings. The second-order valence-corrected chi connectivity index (χ2v) is 6.60. The molecule has 1 aliphatic heterocycles. The maximum absolute atomic E-state index is 12.4. The van der Waals surface area contributed by atoms with Crippen LogP contribution in [-0.4, -0.2) is 41.1 Å². The number of nitrogens with zero attached hydrogens (tertiary/aromatic N) is 1. The fourth-order valence-electron chi connectivity index (χ4n) is 2.10. The van der Waals surface area contributed by atoms with Gasteiger partial charge >= 0.3 is 6.09 Å². The van der Waals surface area contributed by atoms with E-state index in [1.165, 1.54) is 6.42 Å². The molecule has 0 radical (unpaired) electrons. The summed E-state index contributed by atoms with van der Waals surface area (Å²) in [5.74, 6) is -0.0435. The Bertz CT molecular complexity index is 339. The highest BCUT2D eigenvalue weighted by Crippen LogP contribution is 2.16. The minimum atomic E-state index is -0.931. The summed E-state index contributed by atoms with van der Waals surface area (Å²) in [4.78, 5) is 26.0. The van der Waals surface area contributed by atoms with Gasteiger partial charge in [-0.2, -0.15) is 0 Å². The molecule has 19 heavy (non-hydrogen) atoms. The molecule has 5 nitrogen and oxygen atoms in total.